The number of hydrogen-bond donors (Lipinski definition) is 0. The first-order valence-corrected chi connectivity index (χ1v) is 7.63. The predicted octanol–water partition coefficient (Wildman–Crippen LogP) is 1.48. The Morgan fingerprint density at radius 3 is 2.81 bits per heavy atom. The molecule has 1 heterocycles. The maximum atomic E-state index is 11.2. The summed E-state index contributed by atoms with van der Waals surface area (Å²) in [6, 6.07) is 8.26. The molecule has 0 unspecified atom stereocenters. The van der Waals surface area contributed by atoms with E-state index in [2.05, 4.69) is 17.0 Å². The highest BCUT2D eigenvalue weighted by Gasteiger charge is 2.17. The Morgan fingerprint density at radius 1 is 1.31 bits per heavy atom. The molecule has 1 aromatic carbocycles. The van der Waals surface area contributed by atoms with Gasteiger partial charge in [0.25, 0.3) is 0 Å². The number of nitrogens with zero attached hydrogens (tertiary/aromatic N) is 1. The summed E-state index contributed by atoms with van der Waals surface area (Å²) in [6.45, 7) is 1.57. The minimum absolute atomic E-state index is 0.237. The Morgan fingerprint density at radius 2 is 2.06 bits per heavy atom. The van der Waals surface area contributed by atoms with Crippen molar-refractivity contribution in [2.45, 2.75) is 12.8 Å². The van der Waals surface area contributed by atoms with E-state index in [1.807, 2.05) is 12.1 Å². The van der Waals surface area contributed by atoms with Gasteiger partial charge >= 0.3 is 0 Å². The summed E-state index contributed by atoms with van der Waals surface area (Å²) in [5.74, 6) is 0.237. The van der Waals surface area contributed by atoms with Gasteiger partial charge in [0.05, 0.1) is 5.75 Å². The molecular weight excluding hydrogens is 222 g/mol. The topological polar surface area (TPSA) is 37.4 Å². The molecule has 4 heteroatoms. The molecule has 0 aliphatic carbocycles. The molecule has 0 saturated heterocycles. The molecule has 0 aromatic heterocycles. The van der Waals surface area contributed by atoms with Crippen LogP contribution in [-0.4, -0.2) is 33.5 Å². The number of para-hydroxylation sites is 1. The van der Waals surface area contributed by atoms with Crippen molar-refractivity contribution < 1.29 is 8.42 Å². The zero-order chi connectivity index (χ0) is 11.6. The Labute approximate surface area is 97.0 Å². The molecule has 2 rings (SSSR count). The summed E-state index contributed by atoms with van der Waals surface area (Å²) in [6.07, 6.45) is 3.51. The molecule has 0 atom stereocenters. The predicted molar refractivity (Wildman–Crippen MR) is 66.7 cm³/mol. The third kappa shape index (κ3) is 2.76. The van der Waals surface area contributed by atoms with Gasteiger partial charge in [-0.1, -0.05) is 18.2 Å². The van der Waals surface area contributed by atoms with E-state index in [0.717, 1.165) is 19.4 Å². The van der Waals surface area contributed by atoms with Gasteiger partial charge in [0.1, 0.15) is 9.84 Å². The fraction of sp³-hybridized carbons (Fsp3) is 0.500. The Hall–Kier alpha value is -1.03. The number of fused-ring (bicyclic) bond motifs is 1. The van der Waals surface area contributed by atoms with Crippen molar-refractivity contribution in [3.05, 3.63) is 29.8 Å². The lowest BCUT2D eigenvalue weighted by Crippen LogP contribution is -2.33. The van der Waals surface area contributed by atoms with E-state index in [1.165, 1.54) is 17.5 Å². The normalized spacial score (nSPS) is 15.9. The average Bonchev–Trinajstić information content (AvgIpc) is 2.25. The van der Waals surface area contributed by atoms with Crippen LogP contribution in [0.1, 0.15) is 12.0 Å². The zero-order valence-electron chi connectivity index (χ0n) is 9.52. The second-order valence-corrected chi connectivity index (χ2v) is 6.61. The van der Waals surface area contributed by atoms with Gasteiger partial charge < -0.3 is 4.90 Å². The van der Waals surface area contributed by atoms with Crippen LogP contribution in [0.5, 0.6) is 0 Å². The van der Waals surface area contributed by atoms with E-state index in [-0.39, 0.29) is 5.75 Å². The Balaban J connectivity index is 2.13. The maximum absolute atomic E-state index is 11.2. The van der Waals surface area contributed by atoms with Gasteiger partial charge in [0.15, 0.2) is 0 Å². The lowest BCUT2D eigenvalue weighted by atomic mass is 10.0. The molecule has 0 spiro atoms. The van der Waals surface area contributed by atoms with Crippen LogP contribution in [0, 0.1) is 0 Å². The number of rotatable bonds is 3. The lowest BCUT2D eigenvalue weighted by molar-refractivity contribution is 0.598. The highest BCUT2D eigenvalue weighted by Crippen LogP contribution is 2.26. The number of aryl methyl sites for hydroxylation is 1. The maximum Gasteiger partial charge on any atom is 0.149 e. The van der Waals surface area contributed by atoms with Gasteiger partial charge in [-0.3, -0.25) is 0 Å². The number of sulfone groups is 1. The van der Waals surface area contributed by atoms with E-state index >= 15 is 0 Å². The molecule has 0 amide bonds. The lowest BCUT2D eigenvalue weighted by Gasteiger charge is -2.31. The third-order valence-corrected chi connectivity index (χ3v) is 3.86. The fourth-order valence-electron chi connectivity index (χ4n) is 2.12. The van der Waals surface area contributed by atoms with Crippen LogP contribution >= 0.6 is 0 Å². The molecule has 88 valence electrons. The van der Waals surface area contributed by atoms with E-state index in [9.17, 15) is 8.42 Å². The molecule has 0 fully saturated rings. The first-order valence-electron chi connectivity index (χ1n) is 5.57. The third-order valence-electron chi connectivity index (χ3n) is 2.94. The van der Waals surface area contributed by atoms with Crippen molar-refractivity contribution in [1.29, 1.82) is 0 Å². The van der Waals surface area contributed by atoms with Crippen molar-refractivity contribution in [2.24, 2.45) is 0 Å². The fourth-order valence-corrected chi connectivity index (χ4v) is 2.67. The average molecular weight is 239 g/mol. The molecular formula is C12H17NO2S. The van der Waals surface area contributed by atoms with Gasteiger partial charge in [0, 0.05) is 25.0 Å². The number of benzene rings is 1. The summed E-state index contributed by atoms with van der Waals surface area (Å²) < 4.78 is 22.3. The van der Waals surface area contributed by atoms with Crippen molar-refractivity contribution >= 4 is 15.5 Å². The van der Waals surface area contributed by atoms with E-state index in [4.69, 9.17) is 0 Å². The van der Waals surface area contributed by atoms with Crippen LogP contribution in [0.3, 0.4) is 0 Å². The minimum Gasteiger partial charge on any atom is -0.370 e. The summed E-state index contributed by atoms with van der Waals surface area (Å²) in [7, 11) is -2.87. The smallest absolute Gasteiger partial charge is 0.149 e. The van der Waals surface area contributed by atoms with Crippen LogP contribution in [0.25, 0.3) is 0 Å². The van der Waals surface area contributed by atoms with E-state index in [0.29, 0.717) is 6.54 Å². The van der Waals surface area contributed by atoms with Crippen molar-refractivity contribution in [3.63, 3.8) is 0 Å². The number of anilines is 1. The molecule has 16 heavy (non-hydrogen) atoms. The highest BCUT2D eigenvalue weighted by atomic mass is 32.2. The molecule has 1 aliphatic heterocycles. The monoisotopic (exact) mass is 239 g/mol. The summed E-state index contributed by atoms with van der Waals surface area (Å²) in [5.41, 5.74) is 2.54. The van der Waals surface area contributed by atoms with Crippen molar-refractivity contribution in [1.82, 2.24) is 0 Å². The molecule has 0 radical (unpaired) electrons. The zero-order valence-corrected chi connectivity index (χ0v) is 10.3. The number of hydrogen-bond acceptors (Lipinski definition) is 3. The van der Waals surface area contributed by atoms with Gasteiger partial charge in [-0.25, -0.2) is 8.42 Å². The second-order valence-electron chi connectivity index (χ2n) is 4.35. The van der Waals surface area contributed by atoms with Crippen molar-refractivity contribution in [3.8, 4) is 0 Å². The van der Waals surface area contributed by atoms with E-state index < -0.39 is 9.84 Å². The van der Waals surface area contributed by atoms with Gasteiger partial charge in [-0.05, 0) is 24.5 Å². The van der Waals surface area contributed by atoms with Crippen LogP contribution < -0.4 is 4.90 Å². The van der Waals surface area contributed by atoms with Crippen LogP contribution in [0.15, 0.2) is 24.3 Å². The summed E-state index contributed by atoms with van der Waals surface area (Å²) in [4.78, 5) is 2.18. The van der Waals surface area contributed by atoms with Gasteiger partial charge in [-0.2, -0.15) is 0 Å². The van der Waals surface area contributed by atoms with Crippen LogP contribution in [0.2, 0.25) is 0 Å². The molecule has 0 N–H and O–H groups in total. The van der Waals surface area contributed by atoms with E-state index in [1.54, 1.807) is 0 Å². The second kappa shape index (κ2) is 4.45. The van der Waals surface area contributed by atoms with Gasteiger partial charge in [-0.15, -0.1) is 0 Å². The molecule has 3 nitrogen and oxygen atoms in total. The Bertz CT molecular complexity index is 468. The largest absolute Gasteiger partial charge is 0.370 e. The molecule has 1 aliphatic rings. The summed E-state index contributed by atoms with van der Waals surface area (Å²) >= 11 is 0. The first-order chi connectivity index (χ1) is 7.56. The van der Waals surface area contributed by atoms with Gasteiger partial charge in [0.2, 0.25) is 0 Å². The molecule has 0 saturated carbocycles. The first kappa shape index (κ1) is 11.5. The van der Waals surface area contributed by atoms with Crippen LogP contribution in [-0.2, 0) is 16.3 Å². The quantitative estimate of drug-likeness (QED) is 0.802. The Kier molecular flexibility index (Phi) is 3.19. The standard InChI is InChI=1S/C12H17NO2S/c1-16(14,15)10-9-13-8-4-6-11-5-2-3-7-12(11)13/h2-3,5,7H,4,6,8-10H2,1H3. The summed E-state index contributed by atoms with van der Waals surface area (Å²) in [5, 5.41) is 0. The highest BCUT2D eigenvalue weighted by molar-refractivity contribution is 7.90. The van der Waals surface area contributed by atoms with Crippen molar-refractivity contribution in [2.75, 3.05) is 30.0 Å². The minimum atomic E-state index is -2.87. The molecule has 1 aromatic rings. The SMILES string of the molecule is CS(=O)(=O)CCN1CCCc2ccccc21. The molecule has 0 bridgehead atoms. The van der Waals surface area contributed by atoms with Crippen LogP contribution in [0.4, 0.5) is 5.69 Å².